The van der Waals surface area contributed by atoms with E-state index in [4.69, 9.17) is 11.6 Å². The molecular formula is C14H16BrClFN. The minimum atomic E-state index is -0.178. The molecule has 2 fully saturated rings. The number of alkyl halides is 1. The molecule has 3 rings (SSSR count). The summed E-state index contributed by atoms with van der Waals surface area (Å²) in [5, 5.41) is 0.551. The summed E-state index contributed by atoms with van der Waals surface area (Å²) < 4.78 is 13.8. The van der Waals surface area contributed by atoms with E-state index in [0.717, 1.165) is 0 Å². The zero-order chi connectivity index (χ0) is 12.7. The summed E-state index contributed by atoms with van der Waals surface area (Å²) in [6, 6.07) is 6.12. The maximum atomic E-state index is 13.8. The van der Waals surface area contributed by atoms with Crippen LogP contribution in [0.15, 0.2) is 18.2 Å². The first-order chi connectivity index (χ1) is 8.65. The van der Waals surface area contributed by atoms with Gasteiger partial charge in [0.25, 0.3) is 0 Å². The van der Waals surface area contributed by atoms with Gasteiger partial charge in [0.15, 0.2) is 0 Å². The van der Waals surface area contributed by atoms with Gasteiger partial charge < -0.3 is 0 Å². The fourth-order valence-electron chi connectivity index (χ4n) is 3.33. The van der Waals surface area contributed by atoms with Gasteiger partial charge in [-0.2, -0.15) is 0 Å². The number of nitrogens with zero attached hydrogens (tertiary/aromatic N) is 1. The van der Waals surface area contributed by atoms with Crippen molar-refractivity contribution in [1.82, 2.24) is 4.90 Å². The van der Waals surface area contributed by atoms with Crippen molar-refractivity contribution in [3.63, 3.8) is 0 Å². The van der Waals surface area contributed by atoms with E-state index >= 15 is 0 Å². The summed E-state index contributed by atoms with van der Waals surface area (Å²) >= 11 is 9.84. The second-order valence-electron chi connectivity index (χ2n) is 5.33. The molecule has 0 radical (unpaired) electrons. The average Bonchev–Trinajstić information content (AvgIpc) is 2.56. The standard InChI is InChI=1S/C14H16BrClFN/c15-9-6-10-4-5-11(7-9)18(10)8-12-13(16)2-1-3-14(12)17/h1-3,9-11H,4-8H2. The van der Waals surface area contributed by atoms with Gasteiger partial charge in [0.1, 0.15) is 5.82 Å². The van der Waals surface area contributed by atoms with Gasteiger partial charge in [-0.05, 0) is 37.8 Å². The van der Waals surface area contributed by atoms with Crippen molar-refractivity contribution in [3.05, 3.63) is 34.6 Å². The van der Waals surface area contributed by atoms with Crippen molar-refractivity contribution in [1.29, 1.82) is 0 Å². The molecule has 0 aliphatic carbocycles. The molecule has 2 heterocycles. The van der Waals surface area contributed by atoms with Crippen molar-refractivity contribution in [3.8, 4) is 0 Å². The monoisotopic (exact) mass is 331 g/mol. The highest BCUT2D eigenvalue weighted by molar-refractivity contribution is 9.09. The van der Waals surface area contributed by atoms with E-state index in [1.807, 2.05) is 0 Å². The Balaban J connectivity index is 1.81. The van der Waals surface area contributed by atoms with Crippen molar-refractivity contribution in [2.75, 3.05) is 0 Å². The first-order valence-electron chi connectivity index (χ1n) is 6.48. The molecule has 98 valence electrons. The van der Waals surface area contributed by atoms with Gasteiger partial charge in [-0.3, -0.25) is 4.90 Å². The summed E-state index contributed by atoms with van der Waals surface area (Å²) in [4.78, 5) is 3.07. The molecule has 0 saturated carbocycles. The highest BCUT2D eigenvalue weighted by Crippen LogP contribution is 2.40. The van der Waals surface area contributed by atoms with Crippen LogP contribution in [0.4, 0.5) is 4.39 Å². The average molecular weight is 333 g/mol. The number of halogens is 3. The number of fused-ring (bicyclic) bond motifs is 2. The second-order valence-corrected chi connectivity index (χ2v) is 7.03. The van der Waals surface area contributed by atoms with E-state index in [2.05, 4.69) is 20.8 Å². The molecule has 2 saturated heterocycles. The van der Waals surface area contributed by atoms with Crippen LogP contribution in [0.1, 0.15) is 31.2 Å². The molecular weight excluding hydrogens is 317 g/mol. The Kier molecular flexibility index (Phi) is 3.65. The zero-order valence-corrected chi connectivity index (χ0v) is 12.4. The third-order valence-corrected chi connectivity index (χ3v) is 5.33. The molecule has 2 bridgehead atoms. The van der Waals surface area contributed by atoms with E-state index in [0.29, 0.717) is 34.0 Å². The lowest BCUT2D eigenvalue weighted by molar-refractivity contribution is 0.135. The van der Waals surface area contributed by atoms with Gasteiger partial charge >= 0.3 is 0 Å². The lowest BCUT2D eigenvalue weighted by Gasteiger charge is -2.37. The zero-order valence-electron chi connectivity index (χ0n) is 10.1. The van der Waals surface area contributed by atoms with E-state index in [1.165, 1.54) is 31.7 Å². The van der Waals surface area contributed by atoms with Crippen molar-refractivity contribution in [2.45, 2.75) is 49.1 Å². The van der Waals surface area contributed by atoms with Crippen LogP contribution in [-0.4, -0.2) is 21.8 Å². The van der Waals surface area contributed by atoms with Gasteiger partial charge in [0.2, 0.25) is 0 Å². The number of piperidine rings is 1. The molecule has 2 aliphatic heterocycles. The molecule has 4 heteroatoms. The Hall–Kier alpha value is -0.120. The molecule has 2 atom stereocenters. The van der Waals surface area contributed by atoms with Gasteiger partial charge in [-0.15, -0.1) is 0 Å². The third-order valence-electron chi connectivity index (χ3n) is 4.23. The summed E-state index contributed by atoms with van der Waals surface area (Å²) in [6.45, 7) is 0.653. The van der Waals surface area contributed by atoms with Gasteiger partial charge in [0.05, 0.1) is 0 Å². The highest BCUT2D eigenvalue weighted by Gasteiger charge is 2.40. The van der Waals surface area contributed by atoms with Crippen molar-refractivity contribution < 1.29 is 4.39 Å². The smallest absolute Gasteiger partial charge is 0.129 e. The number of rotatable bonds is 2. The summed E-state index contributed by atoms with van der Waals surface area (Å²) in [7, 11) is 0. The summed E-state index contributed by atoms with van der Waals surface area (Å²) in [6.07, 6.45) is 4.81. The van der Waals surface area contributed by atoms with Crippen LogP contribution in [0.2, 0.25) is 5.02 Å². The minimum absolute atomic E-state index is 0.178. The fourth-order valence-corrected chi connectivity index (χ4v) is 4.42. The van der Waals surface area contributed by atoms with Gasteiger partial charge in [0, 0.05) is 34.0 Å². The van der Waals surface area contributed by atoms with Crippen LogP contribution in [0.5, 0.6) is 0 Å². The lowest BCUT2D eigenvalue weighted by atomic mass is 10.0. The summed E-state index contributed by atoms with van der Waals surface area (Å²) in [5.74, 6) is -0.178. The highest BCUT2D eigenvalue weighted by atomic mass is 79.9. The molecule has 1 nitrogen and oxygen atoms in total. The lowest BCUT2D eigenvalue weighted by Crippen LogP contribution is -2.42. The Morgan fingerprint density at radius 1 is 1.28 bits per heavy atom. The van der Waals surface area contributed by atoms with Crippen LogP contribution in [0, 0.1) is 5.82 Å². The van der Waals surface area contributed by atoms with Gasteiger partial charge in [-0.1, -0.05) is 33.6 Å². The molecule has 0 amide bonds. The van der Waals surface area contributed by atoms with E-state index in [1.54, 1.807) is 12.1 Å². The predicted molar refractivity (Wildman–Crippen MR) is 75.7 cm³/mol. The predicted octanol–water partition coefficient (Wildman–Crippen LogP) is 4.37. The molecule has 1 aromatic rings. The van der Waals surface area contributed by atoms with Crippen LogP contribution >= 0.6 is 27.5 Å². The van der Waals surface area contributed by atoms with Crippen LogP contribution in [0.25, 0.3) is 0 Å². The van der Waals surface area contributed by atoms with Crippen LogP contribution < -0.4 is 0 Å². The number of hydrogen-bond donors (Lipinski definition) is 0. The Labute approximate surface area is 120 Å². The summed E-state index contributed by atoms with van der Waals surface area (Å²) in [5.41, 5.74) is 0.657. The molecule has 18 heavy (non-hydrogen) atoms. The maximum Gasteiger partial charge on any atom is 0.129 e. The topological polar surface area (TPSA) is 3.24 Å². The largest absolute Gasteiger partial charge is 0.293 e. The first kappa shape index (κ1) is 12.9. The Morgan fingerprint density at radius 2 is 1.94 bits per heavy atom. The normalized spacial score (nSPS) is 31.8. The SMILES string of the molecule is Fc1cccc(Cl)c1CN1C2CCC1CC(Br)C2. The number of hydrogen-bond acceptors (Lipinski definition) is 1. The fraction of sp³-hybridized carbons (Fsp3) is 0.571. The molecule has 2 aliphatic rings. The molecule has 2 unspecified atom stereocenters. The maximum absolute atomic E-state index is 13.8. The first-order valence-corrected chi connectivity index (χ1v) is 7.77. The Bertz CT molecular complexity index is 419. The minimum Gasteiger partial charge on any atom is -0.293 e. The Morgan fingerprint density at radius 3 is 2.56 bits per heavy atom. The van der Waals surface area contributed by atoms with Crippen molar-refractivity contribution >= 4 is 27.5 Å². The molecule has 1 aromatic carbocycles. The van der Waals surface area contributed by atoms with Crippen molar-refractivity contribution in [2.24, 2.45) is 0 Å². The third kappa shape index (κ3) is 2.33. The molecule has 0 N–H and O–H groups in total. The van der Waals surface area contributed by atoms with Gasteiger partial charge in [-0.25, -0.2) is 4.39 Å². The van der Waals surface area contributed by atoms with E-state index in [-0.39, 0.29) is 5.82 Å². The second kappa shape index (κ2) is 5.10. The molecule has 0 aromatic heterocycles. The molecule has 0 spiro atoms. The van der Waals surface area contributed by atoms with E-state index in [9.17, 15) is 4.39 Å². The van der Waals surface area contributed by atoms with E-state index < -0.39 is 0 Å². The van der Waals surface area contributed by atoms with Crippen LogP contribution in [0.3, 0.4) is 0 Å². The quantitative estimate of drug-likeness (QED) is 0.727. The van der Waals surface area contributed by atoms with Crippen LogP contribution in [-0.2, 0) is 6.54 Å². The number of benzene rings is 1.